The fraction of sp³-hybridized carbons (Fsp3) is 0.100. The molecule has 0 fully saturated rings. The second-order valence-corrected chi connectivity index (χ2v) is 5.43. The Morgan fingerprint density at radius 1 is 1.04 bits per heavy atom. The largest absolute Gasteiger partial charge is 0.497 e. The summed E-state index contributed by atoms with van der Waals surface area (Å²) in [5.41, 5.74) is 2.15. The van der Waals surface area contributed by atoms with Crippen molar-refractivity contribution >= 4 is 11.6 Å². The molecule has 0 radical (unpaired) electrons. The summed E-state index contributed by atoms with van der Waals surface area (Å²) in [5.74, 6) is 0.422. The Morgan fingerprint density at radius 3 is 2.44 bits per heavy atom. The first-order chi connectivity index (χ1) is 12.2. The van der Waals surface area contributed by atoms with E-state index >= 15 is 0 Å². The van der Waals surface area contributed by atoms with Crippen molar-refractivity contribution in [2.24, 2.45) is 0 Å². The van der Waals surface area contributed by atoms with Crippen LogP contribution >= 0.6 is 0 Å². The van der Waals surface area contributed by atoms with Crippen molar-refractivity contribution in [1.82, 2.24) is 4.98 Å². The number of para-hydroxylation sites is 1. The van der Waals surface area contributed by atoms with Gasteiger partial charge in [0.25, 0.3) is 5.91 Å². The van der Waals surface area contributed by atoms with E-state index in [1.54, 1.807) is 67.9 Å². The minimum Gasteiger partial charge on any atom is -0.497 e. The maximum Gasteiger partial charge on any atom is 0.255 e. The van der Waals surface area contributed by atoms with Crippen molar-refractivity contribution < 1.29 is 14.6 Å². The van der Waals surface area contributed by atoms with E-state index in [1.165, 1.54) is 0 Å². The summed E-state index contributed by atoms with van der Waals surface area (Å²) in [4.78, 5) is 16.7. The number of anilines is 1. The Bertz CT molecular complexity index is 848. The average molecular weight is 334 g/mol. The predicted molar refractivity (Wildman–Crippen MR) is 95.7 cm³/mol. The molecule has 0 aliphatic carbocycles. The molecule has 1 amide bonds. The summed E-state index contributed by atoms with van der Waals surface area (Å²) >= 11 is 0. The number of carbonyl (C=O) groups is 1. The number of carbonyl (C=O) groups excluding carboxylic acids is 1. The van der Waals surface area contributed by atoms with Gasteiger partial charge in [-0.25, -0.2) is 0 Å². The first-order valence-corrected chi connectivity index (χ1v) is 7.82. The summed E-state index contributed by atoms with van der Waals surface area (Å²) in [6, 6.07) is 19.3. The van der Waals surface area contributed by atoms with Gasteiger partial charge in [-0.05, 0) is 42.5 Å². The van der Waals surface area contributed by atoms with Crippen LogP contribution < -0.4 is 10.1 Å². The molecule has 0 aliphatic rings. The van der Waals surface area contributed by atoms with E-state index < -0.39 is 6.10 Å². The first kappa shape index (κ1) is 16.7. The Labute approximate surface area is 145 Å². The van der Waals surface area contributed by atoms with Gasteiger partial charge in [-0.1, -0.05) is 24.3 Å². The Balaban J connectivity index is 1.84. The molecule has 1 atom stereocenters. The van der Waals surface area contributed by atoms with Crippen molar-refractivity contribution in [1.29, 1.82) is 0 Å². The molecule has 0 bridgehead atoms. The Hall–Kier alpha value is -3.18. The predicted octanol–water partition coefficient (Wildman–Crippen LogP) is 3.42. The van der Waals surface area contributed by atoms with Crippen LogP contribution in [0.2, 0.25) is 0 Å². The highest BCUT2D eigenvalue weighted by Gasteiger charge is 2.17. The van der Waals surface area contributed by atoms with E-state index in [1.807, 2.05) is 12.1 Å². The summed E-state index contributed by atoms with van der Waals surface area (Å²) < 4.78 is 5.10. The summed E-state index contributed by atoms with van der Waals surface area (Å²) in [6.45, 7) is 0. The molecule has 3 aromatic rings. The highest BCUT2D eigenvalue weighted by atomic mass is 16.5. The van der Waals surface area contributed by atoms with Gasteiger partial charge in [0.1, 0.15) is 11.9 Å². The monoisotopic (exact) mass is 334 g/mol. The zero-order valence-corrected chi connectivity index (χ0v) is 13.7. The maximum atomic E-state index is 12.5. The van der Waals surface area contributed by atoms with Crippen molar-refractivity contribution in [3.8, 4) is 5.75 Å². The molecular weight excluding hydrogens is 316 g/mol. The lowest BCUT2D eigenvalue weighted by Crippen LogP contribution is -2.15. The zero-order chi connectivity index (χ0) is 17.6. The summed E-state index contributed by atoms with van der Waals surface area (Å²) in [7, 11) is 1.57. The highest BCUT2D eigenvalue weighted by Crippen LogP contribution is 2.27. The highest BCUT2D eigenvalue weighted by molar-refractivity contribution is 6.04. The van der Waals surface area contributed by atoms with Crippen LogP contribution in [-0.4, -0.2) is 23.1 Å². The van der Waals surface area contributed by atoms with Crippen LogP contribution in [0.3, 0.4) is 0 Å². The number of aliphatic hydroxyl groups is 1. The van der Waals surface area contributed by atoms with Crippen LogP contribution in [0.5, 0.6) is 5.75 Å². The molecular formula is C20H18N2O3. The van der Waals surface area contributed by atoms with Gasteiger partial charge < -0.3 is 15.2 Å². The average Bonchev–Trinajstić information content (AvgIpc) is 2.68. The van der Waals surface area contributed by atoms with E-state index in [2.05, 4.69) is 10.3 Å². The smallest absolute Gasteiger partial charge is 0.255 e. The number of rotatable bonds is 5. The van der Waals surface area contributed by atoms with Gasteiger partial charge >= 0.3 is 0 Å². The molecule has 1 heterocycles. The van der Waals surface area contributed by atoms with Crippen molar-refractivity contribution in [3.63, 3.8) is 0 Å². The third-order valence-electron chi connectivity index (χ3n) is 3.82. The van der Waals surface area contributed by atoms with Crippen LogP contribution in [0, 0.1) is 0 Å². The molecule has 126 valence electrons. The molecule has 3 rings (SSSR count). The van der Waals surface area contributed by atoms with Gasteiger partial charge in [0.15, 0.2) is 0 Å². The molecule has 0 aliphatic heterocycles. The molecule has 5 heteroatoms. The van der Waals surface area contributed by atoms with Crippen LogP contribution in [0.1, 0.15) is 27.7 Å². The van der Waals surface area contributed by atoms with Gasteiger partial charge in [-0.2, -0.15) is 0 Å². The minimum absolute atomic E-state index is 0.261. The van der Waals surface area contributed by atoms with E-state index in [0.717, 1.165) is 0 Å². The van der Waals surface area contributed by atoms with Gasteiger partial charge in [0.2, 0.25) is 0 Å². The third kappa shape index (κ3) is 3.84. The van der Waals surface area contributed by atoms with E-state index in [0.29, 0.717) is 28.3 Å². The Kier molecular flexibility index (Phi) is 5.06. The molecule has 0 spiro atoms. The number of hydrogen-bond donors (Lipinski definition) is 2. The van der Waals surface area contributed by atoms with Crippen molar-refractivity contribution in [2.75, 3.05) is 12.4 Å². The van der Waals surface area contributed by atoms with E-state index in [4.69, 9.17) is 4.74 Å². The van der Waals surface area contributed by atoms with E-state index in [9.17, 15) is 9.90 Å². The molecule has 2 aromatic carbocycles. The topological polar surface area (TPSA) is 71.5 Å². The molecule has 2 N–H and O–H groups in total. The third-order valence-corrected chi connectivity index (χ3v) is 3.82. The van der Waals surface area contributed by atoms with Gasteiger partial charge in [-0.15, -0.1) is 0 Å². The first-order valence-electron chi connectivity index (χ1n) is 7.82. The second kappa shape index (κ2) is 7.59. The quantitative estimate of drug-likeness (QED) is 0.750. The van der Waals surface area contributed by atoms with Gasteiger partial charge in [-0.3, -0.25) is 9.78 Å². The van der Waals surface area contributed by atoms with Gasteiger partial charge in [0.05, 0.1) is 12.8 Å². The summed E-state index contributed by atoms with van der Waals surface area (Å²) in [5, 5.41) is 13.4. The number of aliphatic hydroxyl groups excluding tert-OH is 1. The number of amides is 1. The number of hydrogen-bond acceptors (Lipinski definition) is 4. The van der Waals surface area contributed by atoms with Crippen LogP contribution in [0.15, 0.2) is 72.9 Å². The number of nitrogens with zero attached hydrogens (tertiary/aromatic N) is 1. The molecule has 1 unspecified atom stereocenters. The van der Waals surface area contributed by atoms with Crippen molar-refractivity contribution in [2.45, 2.75) is 6.10 Å². The molecule has 0 saturated heterocycles. The lowest BCUT2D eigenvalue weighted by atomic mass is 10.0. The standard InChI is InChI=1S/C20H18N2O3/c1-25-15-11-9-14(10-12-15)20(24)22-17-7-3-2-6-16(17)19(23)18-8-4-5-13-21-18/h2-13,19,23H,1H3,(H,22,24). The number of benzene rings is 2. The fourth-order valence-corrected chi connectivity index (χ4v) is 2.48. The van der Waals surface area contributed by atoms with Crippen LogP contribution in [0.25, 0.3) is 0 Å². The lowest BCUT2D eigenvalue weighted by molar-refractivity contribution is 0.102. The number of aromatic nitrogens is 1. The van der Waals surface area contributed by atoms with E-state index in [-0.39, 0.29) is 5.91 Å². The molecule has 5 nitrogen and oxygen atoms in total. The number of methoxy groups -OCH3 is 1. The normalized spacial score (nSPS) is 11.6. The number of ether oxygens (including phenoxy) is 1. The minimum atomic E-state index is -0.923. The summed E-state index contributed by atoms with van der Waals surface area (Å²) in [6.07, 6.45) is 0.700. The van der Waals surface area contributed by atoms with Crippen LogP contribution in [-0.2, 0) is 0 Å². The number of nitrogens with one attached hydrogen (secondary N) is 1. The lowest BCUT2D eigenvalue weighted by Gasteiger charge is -2.16. The van der Waals surface area contributed by atoms with Gasteiger partial charge in [0, 0.05) is 23.0 Å². The SMILES string of the molecule is COc1ccc(C(=O)Nc2ccccc2C(O)c2ccccn2)cc1. The zero-order valence-electron chi connectivity index (χ0n) is 13.7. The molecule has 25 heavy (non-hydrogen) atoms. The second-order valence-electron chi connectivity index (χ2n) is 5.43. The molecule has 1 aromatic heterocycles. The van der Waals surface area contributed by atoms with Crippen molar-refractivity contribution in [3.05, 3.63) is 89.7 Å². The molecule has 0 saturated carbocycles. The fourth-order valence-electron chi connectivity index (χ4n) is 2.48. The van der Waals surface area contributed by atoms with Crippen LogP contribution in [0.4, 0.5) is 5.69 Å². The Morgan fingerprint density at radius 2 is 1.76 bits per heavy atom. The maximum absolute atomic E-state index is 12.5. The number of pyridine rings is 1.